The van der Waals surface area contributed by atoms with Gasteiger partial charge in [0.15, 0.2) is 0 Å². The molecule has 1 aromatic heterocycles. The van der Waals surface area contributed by atoms with Gasteiger partial charge in [0.25, 0.3) is 0 Å². The zero-order chi connectivity index (χ0) is 20.2. The number of urea groups is 1. The monoisotopic (exact) mass is 405 g/mol. The summed E-state index contributed by atoms with van der Waals surface area (Å²) >= 11 is 1.78. The van der Waals surface area contributed by atoms with Crippen molar-refractivity contribution in [1.82, 2.24) is 20.1 Å². The topological polar surface area (TPSA) is 79.6 Å². The molecule has 2 heterocycles. The SMILES string of the molecule is CCSc1ccc(-c2nn(-c3ccccc3)cc2/C=N\N2CC(=O)NC2=O)cc1. The zero-order valence-electron chi connectivity index (χ0n) is 15.8. The number of hydrogen-bond acceptors (Lipinski definition) is 5. The molecule has 0 atom stereocenters. The first kappa shape index (κ1) is 18.9. The molecule has 7 nitrogen and oxygen atoms in total. The molecule has 3 amide bonds. The molecule has 1 N–H and O–H groups in total. The van der Waals surface area contributed by atoms with Gasteiger partial charge in [-0.05, 0) is 30.0 Å². The van der Waals surface area contributed by atoms with Crippen molar-refractivity contribution in [3.8, 4) is 16.9 Å². The van der Waals surface area contributed by atoms with Crippen LogP contribution in [0.25, 0.3) is 16.9 Å². The highest BCUT2D eigenvalue weighted by atomic mass is 32.2. The van der Waals surface area contributed by atoms with E-state index in [4.69, 9.17) is 5.10 Å². The van der Waals surface area contributed by atoms with E-state index in [1.54, 1.807) is 22.7 Å². The summed E-state index contributed by atoms with van der Waals surface area (Å²) in [6.07, 6.45) is 3.42. The Morgan fingerprint density at radius 3 is 2.55 bits per heavy atom. The van der Waals surface area contributed by atoms with E-state index in [0.29, 0.717) is 0 Å². The number of hydrazone groups is 1. The van der Waals surface area contributed by atoms with E-state index in [2.05, 4.69) is 29.5 Å². The average molecular weight is 405 g/mol. The first-order valence-corrected chi connectivity index (χ1v) is 10.2. The number of benzene rings is 2. The fourth-order valence-corrected chi connectivity index (χ4v) is 3.61. The highest BCUT2D eigenvalue weighted by molar-refractivity contribution is 7.99. The summed E-state index contributed by atoms with van der Waals surface area (Å²) in [5, 5.41) is 12.2. The third-order valence-corrected chi connectivity index (χ3v) is 5.21. The van der Waals surface area contributed by atoms with Crippen molar-refractivity contribution in [2.24, 2.45) is 5.10 Å². The minimum atomic E-state index is -0.524. The zero-order valence-corrected chi connectivity index (χ0v) is 16.6. The van der Waals surface area contributed by atoms with Crippen LogP contribution in [0.3, 0.4) is 0 Å². The summed E-state index contributed by atoms with van der Waals surface area (Å²) in [5.41, 5.74) is 3.36. The third kappa shape index (κ3) is 4.22. The van der Waals surface area contributed by atoms with Crippen LogP contribution in [0.4, 0.5) is 4.79 Å². The maximum absolute atomic E-state index is 11.7. The number of nitrogens with one attached hydrogen (secondary N) is 1. The number of aromatic nitrogens is 2. The molecule has 29 heavy (non-hydrogen) atoms. The van der Waals surface area contributed by atoms with E-state index < -0.39 is 6.03 Å². The molecule has 8 heteroatoms. The predicted octanol–water partition coefficient (Wildman–Crippen LogP) is 3.54. The van der Waals surface area contributed by atoms with E-state index in [0.717, 1.165) is 33.3 Å². The van der Waals surface area contributed by atoms with Gasteiger partial charge in [0.2, 0.25) is 5.91 Å². The second-order valence-electron chi connectivity index (χ2n) is 6.33. The van der Waals surface area contributed by atoms with Crippen LogP contribution in [0.5, 0.6) is 0 Å². The number of amides is 3. The van der Waals surface area contributed by atoms with E-state index >= 15 is 0 Å². The Labute approximate surface area is 172 Å². The highest BCUT2D eigenvalue weighted by Gasteiger charge is 2.26. The minimum Gasteiger partial charge on any atom is -0.275 e. The molecule has 1 fully saturated rings. The lowest BCUT2D eigenvalue weighted by Crippen LogP contribution is -2.24. The van der Waals surface area contributed by atoms with Crippen LogP contribution in [0.15, 0.2) is 70.8 Å². The lowest BCUT2D eigenvalue weighted by molar-refractivity contribution is -0.118. The molecule has 1 aliphatic heterocycles. The molecule has 0 unspecified atom stereocenters. The number of hydrogen-bond donors (Lipinski definition) is 1. The Morgan fingerprint density at radius 2 is 1.90 bits per heavy atom. The molecule has 1 aliphatic rings. The van der Waals surface area contributed by atoms with E-state index in [1.807, 2.05) is 48.7 Å². The summed E-state index contributed by atoms with van der Waals surface area (Å²) < 4.78 is 1.78. The second-order valence-corrected chi connectivity index (χ2v) is 7.66. The molecule has 1 saturated heterocycles. The molecule has 0 aliphatic carbocycles. The van der Waals surface area contributed by atoms with Crippen molar-refractivity contribution >= 4 is 29.9 Å². The number of carbonyl (C=O) groups excluding carboxylic acids is 2. The number of para-hydroxylation sites is 1. The maximum Gasteiger partial charge on any atom is 0.344 e. The van der Waals surface area contributed by atoms with Crippen molar-refractivity contribution in [1.29, 1.82) is 0 Å². The van der Waals surface area contributed by atoms with Crippen LogP contribution < -0.4 is 5.32 Å². The molecule has 0 saturated carbocycles. The van der Waals surface area contributed by atoms with Gasteiger partial charge in [0.05, 0.1) is 11.9 Å². The van der Waals surface area contributed by atoms with Crippen LogP contribution in [0, 0.1) is 0 Å². The van der Waals surface area contributed by atoms with Crippen molar-refractivity contribution in [2.75, 3.05) is 12.3 Å². The van der Waals surface area contributed by atoms with Crippen molar-refractivity contribution < 1.29 is 9.59 Å². The van der Waals surface area contributed by atoms with E-state index in [9.17, 15) is 9.59 Å². The Kier molecular flexibility index (Phi) is 5.44. The van der Waals surface area contributed by atoms with E-state index in [1.165, 1.54) is 4.90 Å². The number of rotatable bonds is 6. The molecule has 0 spiro atoms. The lowest BCUT2D eigenvalue weighted by Gasteiger charge is -2.04. The Bertz CT molecular complexity index is 1060. The highest BCUT2D eigenvalue weighted by Crippen LogP contribution is 2.26. The molecule has 4 rings (SSSR count). The maximum atomic E-state index is 11.7. The fourth-order valence-electron chi connectivity index (χ4n) is 2.95. The molecule has 2 aromatic carbocycles. The molecular weight excluding hydrogens is 386 g/mol. The van der Waals surface area contributed by atoms with Crippen LogP contribution in [-0.2, 0) is 4.79 Å². The summed E-state index contributed by atoms with van der Waals surface area (Å²) in [7, 11) is 0. The van der Waals surface area contributed by atoms with Crippen LogP contribution in [0.1, 0.15) is 12.5 Å². The van der Waals surface area contributed by atoms with Crippen LogP contribution in [0.2, 0.25) is 0 Å². The fraction of sp³-hybridized carbons (Fsp3) is 0.143. The molecule has 0 radical (unpaired) electrons. The Balaban J connectivity index is 1.71. The van der Waals surface area contributed by atoms with Crippen molar-refractivity contribution in [2.45, 2.75) is 11.8 Å². The number of nitrogens with zero attached hydrogens (tertiary/aromatic N) is 4. The van der Waals surface area contributed by atoms with Crippen molar-refractivity contribution in [3.05, 3.63) is 66.4 Å². The molecular formula is C21H19N5O2S. The average Bonchev–Trinajstić information content (AvgIpc) is 3.30. The summed E-state index contributed by atoms with van der Waals surface area (Å²) in [5.74, 6) is 0.646. The van der Waals surface area contributed by atoms with Gasteiger partial charge in [-0.2, -0.15) is 10.2 Å². The third-order valence-electron chi connectivity index (χ3n) is 4.31. The second kappa shape index (κ2) is 8.32. The van der Waals surface area contributed by atoms with Crippen LogP contribution in [-0.4, -0.2) is 45.2 Å². The normalized spacial score (nSPS) is 14.0. The van der Waals surface area contributed by atoms with Gasteiger partial charge < -0.3 is 0 Å². The standard InChI is InChI=1S/C21H19N5O2S/c1-2-29-18-10-8-15(9-11-18)20-16(12-22-26-14-19(27)23-21(26)28)13-25(24-20)17-6-4-3-5-7-17/h3-13H,2,14H2,1H3,(H,23,27,28)/b22-12-. The number of imide groups is 1. The molecule has 146 valence electrons. The van der Waals surface area contributed by atoms with Gasteiger partial charge in [-0.15, -0.1) is 11.8 Å². The lowest BCUT2D eigenvalue weighted by atomic mass is 10.1. The summed E-state index contributed by atoms with van der Waals surface area (Å²) in [6.45, 7) is 2.04. The van der Waals surface area contributed by atoms with Gasteiger partial charge in [-0.1, -0.05) is 37.3 Å². The van der Waals surface area contributed by atoms with Gasteiger partial charge >= 0.3 is 6.03 Å². The van der Waals surface area contributed by atoms with Crippen molar-refractivity contribution in [3.63, 3.8) is 0 Å². The summed E-state index contributed by atoms with van der Waals surface area (Å²) in [6, 6.07) is 17.4. The predicted molar refractivity (Wildman–Crippen MR) is 113 cm³/mol. The molecule has 3 aromatic rings. The largest absolute Gasteiger partial charge is 0.344 e. The van der Waals surface area contributed by atoms with Gasteiger partial charge in [0, 0.05) is 22.2 Å². The summed E-state index contributed by atoms with van der Waals surface area (Å²) in [4.78, 5) is 24.3. The van der Waals surface area contributed by atoms with Gasteiger partial charge in [0.1, 0.15) is 12.2 Å². The minimum absolute atomic E-state index is 0.0829. The molecule has 0 bridgehead atoms. The first-order chi connectivity index (χ1) is 14.1. The first-order valence-electron chi connectivity index (χ1n) is 9.17. The number of thioether (sulfide) groups is 1. The number of carbonyl (C=O) groups is 2. The Morgan fingerprint density at radius 1 is 1.14 bits per heavy atom. The smallest absolute Gasteiger partial charge is 0.275 e. The van der Waals surface area contributed by atoms with Gasteiger partial charge in [-0.25, -0.2) is 14.5 Å². The van der Waals surface area contributed by atoms with Gasteiger partial charge in [-0.3, -0.25) is 10.1 Å². The quantitative estimate of drug-likeness (QED) is 0.386. The van der Waals surface area contributed by atoms with E-state index in [-0.39, 0.29) is 12.5 Å². The Hall–Kier alpha value is -3.39. The van der Waals surface area contributed by atoms with Crippen LogP contribution >= 0.6 is 11.8 Å².